The number of aryl methyl sites for hydroxylation is 1. The molecule has 4 heteroatoms. The van der Waals surface area contributed by atoms with Crippen molar-refractivity contribution in [1.29, 1.82) is 5.26 Å². The van der Waals surface area contributed by atoms with E-state index in [0.29, 0.717) is 21.5 Å². The number of nitriles is 1. The Hall–Kier alpha value is -0.420. The van der Waals surface area contributed by atoms with Crippen LogP contribution in [0.3, 0.4) is 0 Å². The van der Waals surface area contributed by atoms with Crippen molar-refractivity contribution in [1.82, 2.24) is 0 Å². The zero-order valence-corrected chi connectivity index (χ0v) is 10.3. The molecule has 0 saturated carbocycles. The van der Waals surface area contributed by atoms with Crippen LogP contribution < -0.4 is 0 Å². The van der Waals surface area contributed by atoms with Gasteiger partial charge in [-0.3, -0.25) is 0 Å². The molecule has 1 aromatic rings. The van der Waals surface area contributed by atoms with E-state index in [0.717, 1.165) is 24.8 Å². The Balaban J connectivity index is 2.63. The molecule has 1 aromatic carbocycles. The van der Waals surface area contributed by atoms with Crippen molar-refractivity contribution in [3.05, 3.63) is 32.8 Å². The SMILES string of the molecule is N#CCCCCc1ccc(Cl)c(Cl)c1Cl. The van der Waals surface area contributed by atoms with E-state index in [1.54, 1.807) is 6.07 Å². The lowest BCUT2D eigenvalue weighted by Crippen LogP contribution is -1.88. The van der Waals surface area contributed by atoms with Crippen molar-refractivity contribution in [2.24, 2.45) is 0 Å². The van der Waals surface area contributed by atoms with Crippen LogP contribution in [0.1, 0.15) is 24.8 Å². The molecule has 80 valence electrons. The number of rotatable bonds is 4. The largest absolute Gasteiger partial charge is 0.198 e. The van der Waals surface area contributed by atoms with E-state index < -0.39 is 0 Å². The van der Waals surface area contributed by atoms with Crippen molar-refractivity contribution >= 4 is 34.8 Å². The number of benzene rings is 1. The lowest BCUT2D eigenvalue weighted by atomic mass is 10.1. The van der Waals surface area contributed by atoms with Gasteiger partial charge in [-0.1, -0.05) is 40.9 Å². The fraction of sp³-hybridized carbons (Fsp3) is 0.364. The Morgan fingerprint density at radius 1 is 1.07 bits per heavy atom. The second-order valence-electron chi connectivity index (χ2n) is 3.20. The summed E-state index contributed by atoms with van der Waals surface area (Å²) >= 11 is 17.7. The third kappa shape index (κ3) is 3.57. The summed E-state index contributed by atoms with van der Waals surface area (Å²) in [5, 5.41) is 9.80. The highest BCUT2D eigenvalue weighted by atomic mass is 35.5. The average molecular weight is 263 g/mol. The first kappa shape index (κ1) is 12.6. The van der Waals surface area contributed by atoms with Gasteiger partial charge in [0.05, 0.1) is 21.1 Å². The zero-order valence-electron chi connectivity index (χ0n) is 8.06. The Bertz CT molecular complexity index is 382. The molecule has 0 bridgehead atoms. The molecule has 0 aromatic heterocycles. The molecular formula is C11H10Cl3N. The standard InChI is InChI=1S/C11H10Cl3N/c12-9-6-5-8(10(13)11(9)14)4-2-1-3-7-15/h5-6H,1-4H2. The second-order valence-corrected chi connectivity index (χ2v) is 4.36. The fourth-order valence-electron chi connectivity index (χ4n) is 1.28. The van der Waals surface area contributed by atoms with E-state index in [4.69, 9.17) is 40.1 Å². The van der Waals surface area contributed by atoms with Crippen molar-refractivity contribution in [2.45, 2.75) is 25.7 Å². The fourth-order valence-corrected chi connectivity index (χ4v) is 1.93. The van der Waals surface area contributed by atoms with E-state index >= 15 is 0 Å². The van der Waals surface area contributed by atoms with Gasteiger partial charge in [0.2, 0.25) is 0 Å². The maximum Gasteiger partial charge on any atom is 0.0781 e. The van der Waals surface area contributed by atoms with E-state index in [1.807, 2.05) is 6.07 Å². The first-order valence-electron chi connectivity index (χ1n) is 4.66. The van der Waals surface area contributed by atoms with Crippen LogP contribution in [0, 0.1) is 11.3 Å². The highest BCUT2D eigenvalue weighted by Crippen LogP contribution is 2.33. The van der Waals surface area contributed by atoms with Crippen LogP contribution in [-0.4, -0.2) is 0 Å². The van der Waals surface area contributed by atoms with Crippen LogP contribution in [0.25, 0.3) is 0 Å². The molecule has 0 fully saturated rings. The van der Waals surface area contributed by atoms with Crippen LogP contribution in [-0.2, 0) is 6.42 Å². The third-order valence-electron chi connectivity index (χ3n) is 2.10. The highest BCUT2D eigenvalue weighted by molar-refractivity contribution is 6.48. The molecule has 0 saturated heterocycles. The molecule has 0 unspecified atom stereocenters. The Labute approximate surface area is 105 Å². The number of hydrogen-bond acceptors (Lipinski definition) is 1. The monoisotopic (exact) mass is 261 g/mol. The number of nitrogens with zero attached hydrogens (tertiary/aromatic N) is 1. The Morgan fingerprint density at radius 2 is 1.80 bits per heavy atom. The zero-order chi connectivity index (χ0) is 11.3. The van der Waals surface area contributed by atoms with Crippen molar-refractivity contribution in [2.75, 3.05) is 0 Å². The van der Waals surface area contributed by atoms with Gasteiger partial charge in [-0.05, 0) is 30.9 Å². The summed E-state index contributed by atoms with van der Waals surface area (Å²) in [6.07, 6.45) is 3.23. The molecule has 0 aliphatic rings. The van der Waals surface area contributed by atoms with Gasteiger partial charge in [-0.15, -0.1) is 0 Å². The average Bonchev–Trinajstić information content (AvgIpc) is 2.24. The quantitative estimate of drug-likeness (QED) is 0.560. The van der Waals surface area contributed by atoms with E-state index in [1.165, 1.54) is 0 Å². The minimum absolute atomic E-state index is 0.413. The van der Waals surface area contributed by atoms with Gasteiger partial charge >= 0.3 is 0 Å². The predicted molar refractivity (Wildman–Crippen MR) is 64.6 cm³/mol. The number of hydrogen-bond donors (Lipinski definition) is 0. The molecule has 0 atom stereocenters. The normalized spacial score (nSPS) is 10.0. The van der Waals surface area contributed by atoms with Gasteiger partial charge in [0, 0.05) is 6.42 Å². The number of unbranched alkanes of at least 4 members (excludes halogenated alkanes) is 2. The van der Waals surface area contributed by atoms with E-state index in [2.05, 4.69) is 6.07 Å². The molecule has 0 spiro atoms. The minimum atomic E-state index is 0.413. The molecule has 15 heavy (non-hydrogen) atoms. The molecule has 0 radical (unpaired) electrons. The first-order valence-corrected chi connectivity index (χ1v) is 5.79. The molecule has 1 nitrogen and oxygen atoms in total. The van der Waals surface area contributed by atoms with E-state index in [-0.39, 0.29) is 0 Å². The number of halogens is 3. The topological polar surface area (TPSA) is 23.8 Å². The van der Waals surface area contributed by atoms with Crippen LogP contribution in [0.4, 0.5) is 0 Å². The Morgan fingerprint density at radius 3 is 2.47 bits per heavy atom. The van der Waals surface area contributed by atoms with Gasteiger partial charge in [0.1, 0.15) is 0 Å². The van der Waals surface area contributed by atoms with Gasteiger partial charge in [0.15, 0.2) is 0 Å². The highest BCUT2D eigenvalue weighted by Gasteiger charge is 2.07. The summed E-state index contributed by atoms with van der Waals surface area (Å²) < 4.78 is 0. The lowest BCUT2D eigenvalue weighted by molar-refractivity contribution is 0.753. The summed E-state index contributed by atoms with van der Waals surface area (Å²) in [5.41, 5.74) is 0.990. The lowest BCUT2D eigenvalue weighted by Gasteiger charge is -2.06. The van der Waals surface area contributed by atoms with Crippen molar-refractivity contribution < 1.29 is 0 Å². The summed E-state index contributed by atoms with van der Waals surface area (Å²) in [5.74, 6) is 0. The van der Waals surface area contributed by atoms with Crippen molar-refractivity contribution in [3.8, 4) is 6.07 Å². The van der Waals surface area contributed by atoms with Crippen LogP contribution in [0.5, 0.6) is 0 Å². The molecule has 0 aliphatic carbocycles. The second kappa shape index (κ2) is 6.23. The van der Waals surface area contributed by atoms with Gasteiger partial charge < -0.3 is 0 Å². The molecular weight excluding hydrogens is 252 g/mol. The molecule has 0 N–H and O–H groups in total. The molecule has 0 amide bonds. The molecule has 1 rings (SSSR count). The van der Waals surface area contributed by atoms with Crippen molar-refractivity contribution in [3.63, 3.8) is 0 Å². The van der Waals surface area contributed by atoms with Crippen LogP contribution >= 0.6 is 34.8 Å². The molecule has 0 heterocycles. The van der Waals surface area contributed by atoms with Gasteiger partial charge in [0.25, 0.3) is 0 Å². The third-order valence-corrected chi connectivity index (χ3v) is 3.43. The predicted octanol–water partition coefficient (Wildman–Crippen LogP) is 4.88. The van der Waals surface area contributed by atoms with Crippen LogP contribution in [0.2, 0.25) is 15.1 Å². The summed E-state index contributed by atoms with van der Waals surface area (Å²) in [7, 11) is 0. The van der Waals surface area contributed by atoms with Crippen LogP contribution in [0.15, 0.2) is 12.1 Å². The summed E-state index contributed by atoms with van der Waals surface area (Å²) in [4.78, 5) is 0. The summed E-state index contributed by atoms with van der Waals surface area (Å²) in [6, 6.07) is 5.73. The summed E-state index contributed by atoms with van der Waals surface area (Å²) in [6.45, 7) is 0. The first-order chi connectivity index (χ1) is 7.16. The molecule has 0 aliphatic heterocycles. The maximum atomic E-state index is 8.38. The minimum Gasteiger partial charge on any atom is -0.198 e. The van der Waals surface area contributed by atoms with Gasteiger partial charge in [-0.2, -0.15) is 5.26 Å². The maximum absolute atomic E-state index is 8.38. The Kier molecular flexibility index (Phi) is 5.25. The van der Waals surface area contributed by atoms with Gasteiger partial charge in [-0.25, -0.2) is 0 Å². The smallest absolute Gasteiger partial charge is 0.0781 e. The van der Waals surface area contributed by atoms with E-state index in [9.17, 15) is 0 Å².